The zero-order valence-electron chi connectivity index (χ0n) is 11.2. The van der Waals surface area contributed by atoms with Gasteiger partial charge in [0.25, 0.3) is 0 Å². The van der Waals surface area contributed by atoms with Crippen LogP contribution in [0.5, 0.6) is 0 Å². The average molecular weight is 234 g/mol. The Hall–Kier alpha value is -0.590. The van der Waals surface area contributed by atoms with Crippen LogP contribution < -0.4 is 0 Å². The average Bonchev–Trinajstić information content (AvgIpc) is 2.39. The lowest BCUT2D eigenvalue weighted by molar-refractivity contribution is -0.120. The van der Waals surface area contributed by atoms with Crippen LogP contribution in [0.2, 0.25) is 0 Å². The van der Waals surface area contributed by atoms with Crippen molar-refractivity contribution in [3.63, 3.8) is 0 Å². The van der Waals surface area contributed by atoms with E-state index in [2.05, 4.69) is 13.5 Å². The lowest BCUT2D eigenvalue weighted by atomic mass is 9.72. The third-order valence-electron chi connectivity index (χ3n) is 5.02. The summed E-state index contributed by atoms with van der Waals surface area (Å²) in [6, 6.07) is 0. The van der Waals surface area contributed by atoms with Gasteiger partial charge in [0.15, 0.2) is 0 Å². The second-order valence-electron chi connectivity index (χ2n) is 6.01. The highest BCUT2D eigenvalue weighted by Crippen LogP contribution is 2.40. The molecule has 0 aromatic heterocycles. The van der Waals surface area contributed by atoms with Crippen LogP contribution in [0.4, 0.5) is 0 Å². The Morgan fingerprint density at radius 2 is 1.59 bits per heavy atom. The number of ketones is 1. The number of hydrogen-bond donors (Lipinski definition) is 0. The Balaban J connectivity index is 1.82. The molecule has 96 valence electrons. The minimum Gasteiger partial charge on any atom is -0.300 e. The van der Waals surface area contributed by atoms with Crippen LogP contribution in [0.15, 0.2) is 12.2 Å². The van der Waals surface area contributed by atoms with Crippen molar-refractivity contribution < 1.29 is 4.79 Å². The Kier molecular flexibility index (Phi) is 4.42. The summed E-state index contributed by atoms with van der Waals surface area (Å²) in [6.07, 6.45) is 10.6. The van der Waals surface area contributed by atoms with Crippen molar-refractivity contribution in [2.75, 3.05) is 0 Å². The zero-order chi connectivity index (χ0) is 12.3. The predicted molar refractivity (Wildman–Crippen MR) is 71.8 cm³/mol. The van der Waals surface area contributed by atoms with Crippen LogP contribution in [0.1, 0.15) is 64.7 Å². The maximum atomic E-state index is 11.3. The summed E-state index contributed by atoms with van der Waals surface area (Å²) in [5.74, 6) is 2.84. The lowest BCUT2D eigenvalue weighted by Gasteiger charge is -2.33. The number of carbonyl (C=O) groups excluding carboxylic acids is 1. The van der Waals surface area contributed by atoms with E-state index in [0.29, 0.717) is 11.7 Å². The standard InChI is InChI=1S/C16H26O/c1-3-13-4-6-14(7-5-13)12(2)15-8-10-16(17)11-9-15/h13-15H,2-11H2,1H3. The van der Waals surface area contributed by atoms with Crippen LogP contribution in [-0.4, -0.2) is 5.78 Å². The third kappa shape index (κ3) is 3.20. The van der Waals surface area contributed by atoms with Crippen molar-refractivity contribution in [1.29, 1.82) is 0 Å². The topological polar surface area (TPSA) is 17.1 Å². The molecule has 17 heavy (non-hydrogen) atoms. The molecule has 0 spiro atoms. The fraction of sp³-hybridized carbons (Fsp3) is 0.812. The van der Waals surface area contributed by atoms with E-state index >= 15 is 0 Å². The molecule has 0 aliphatic heterocycles. The van der Waals surface area contributed by atoms with Crippen molar-refractivity contribution >= 4 is 5.78 Å². The first-order valence-electron chi connectivity index (χ1n) is 7.41. The predicted octanol–water partition coefficient (Wildman–Crippen LogP) is 4.52. The van der Waals surface area contributed by atoms with E-state index in [1.54, 1.807) is 0 Å². The first-order valence-corrected chi connectivity index (χ1v) is 7.41. The first kappa shape index (κ1) is 12.9. The van der Waals surface area contributed by atoms with Gasteiger partial charge in [-0.05, 0) is 56.3 Å². The normalized spacial score (nSPS) is 31.5. The van der Waals surface area contributed by atoms with Crippen molar-refractivity contribution in [2.45, 2.75) is 64.7 Å². The summed E-state index contributed by atoms with van der Waals surface area (Å²) in [5.41, 5.74) is 1.48. The number of rotatable bonds is 3. The van der Waals surface area contributed by atoms with Gasteiger partial charge in [0.1, 0.15) is 5.78 Å². The molecule has 1 heteroatoms. The Morgan fingerprint density at radius 3 is 2.12 bits per heavy atom. The molecule has 2 fully saturated rings. The summed E-state index contributed by atoms with van der Waals surface area (Å²) in [4.78, 5) is 11.3. The van der Waals surface area contributed by atoms with E-state index in [4.69, 9.17) is 0 Å². The van der Waals surface area contributed by atoms with Gasteiger partial charge in [-0.25, -0.2) is 0 Å². The minimum absolute atomic E-state index is 0.462. The van der Waals surface area contributed by atoms with Gasteiger partial charge in [-0.3, -0.25) is 4.79 Å². The molecule has 0 bridgehead atoms. The minimum atomic E-state index is 0.462. The fourth-order valence-corrected chi connectivity index (χ4v) is 3.59. The molecule has 2 aliphatic carbocycles. The lowest BCUT2D eigenvalue weighted by Crippen LogP contribution is -2.22. The van der Waals surface area contributed by atoms with Crippen molar-refractivity contribution in [3.8, 4) is 0 Å². The van der Waals surface area contributed by atoms with Gasteiger partial charge in [-0.1, -0.05) is 25.5 Å². The molecule has 0 saturated heterocycles. The quantitative estimate of drug-likeness (QED) is 0.656. The van der Waals surface area contributed by atoms with Crippen molar-refractivity contribution in [3.05, 3.63) is 12.2 Å². The fourth-order valence-electron chi connectivity index (χ4n) is 3.59. The van der Waals surface area contributed by atoms with Crippen LogP contribution in [0.25, 0.3) is 0 Å². The van der Waals surface area contributed by atoms with Gasteiger partial charge in [-0.2, -0.15) is 0 Å². The molecule has 0 N–H and O–H groups in total. The second kappa shape index (κ2) is 5.84. The van der Waals surface area contributed by atoms with Gasteiger partial charge < -0.3 is 0 Å². The molecule has 0 unspecified atom stereocenters. The van der Waals surface area contributed by atoms with E-state index in [9.17, 15) is 4.79 Å². The highest BCUT2D eigenvalue weighted by atomic mass is 16.1. The number of carbonyl (C=O) groups is 1. The molecule has 0 radical (unpaired) electrons. The molecule has 2 rings (SSSR count). The molecule has 0 aromatic carbocycles. The van der Waals surface area contributed by atoms with Crippen LogP contribution in [0.3, 0.4) is 0 Å². The summed E-state index contributed by atoms with van der Waals surface area (Å²) < 4.78 is 0. The number of allylic oxidation sites excluding steroid dienone is 1. The Bertz CT molecular complexity index is 274. The summed E-state index contributed by atoms with van der Waals surface area (Å²) >= 11 is 0. The van der Waals surface area contributed by atoms with E-state index in [-0.39, 0.29) is 0 Å². The first-order chi connectivity index (χ1) is 8.20. The van der Waals surface area contributed by atoms with Crippen LogP contribution in [0, 0.1) is 17.8 Å². The van der Waals surface area contributed by atoms with Gasteiger partial charge in [0.2, 0.25) is 0 Å². The molecular formula is C16H26O. The van der Waals surface area contributed by atoms with E-state index < -0.39 is 0 Å². The SMILES string of the molecule is C=C(C1CCC(=O)CC1)C1CCC(CC)CC1. The van der Waals surface area contributed by atoms with Gasteiger partial charge in [-0.15, -0.1) is 0 Å². The van der Waals surface area contributed by atoms with Gasteiger partial charge in [0, 0.05) is 12.8 Å². The Labute approximate surface area is 106 Å². The summed E-state index contributed by atoms with van der Waals surface area (Å²) in [7, 11) is 0. The Morgan fingerprint density at radius 1 is 1.06 bits per heavy atom. The largest absolute Gasteiger partial charge is 0.300 e. The van der Waals surface area contributed by atoms with Crippen molar-refractivity contribution in [2.24, 2.45) is 17.8 Å². The zero-order valence-corrected chi connectivity index (χ0v) is 11.2. The molecule has 0 heterocycles. The molecule has 2 aliphatic rings. The second-order valence-corrected chi connectivity index (χ2v) is 6.01. The molecule has 0 aromatic rings. The van der Waals surface area contributed by atoms with E-state index in [0.717, 1.165) is 37.5 Å². The highest BCUT2D eigenvalue weighted by molar-refractivity contribution is 5.79. The van der Waals surface area contributed by atoms with Crippen LogP contribution in [-0.2, 0) is 4.79 Å². The van der Waals surface area contributed by atoms with Crippen LogP contribution >= 0.6 is 0 Å². The molecule has 1 nitrogen and oxygen atoms in total. The monoisotopic (exact) mass is 234 g/mol. The smallest absolute Gasteiger partial charge is 0.132 e. The van der Waals surface area contributed by atoms with E-state index in [1.165, 1.54) is 37.7 Å². The molecule has 2 saturated carbocycles. The molecule has 0 atom stereocenters. The maximum absolute atomic E-state index is 11.3. The van der Waals surface area contributed by atoms with E-state index in [1.807, 2.05) is 0 Å². The summed E-state index contributed by atoms with van der Waals surface area (Å²) in [6.45, 7) is 6.68. The third-order valence-corrected chi connectivity index (χ3v) is 5.02. The molecule has 0 amide bonds. The maximum Gasteiger partial charge on any atom is 0.132 e. The summed E-state index contributed by atoms with van der Waals surface area (Å²) in [5, 5.41) is 0. The highest BCUT2D eigenvalue weighted by Gasteiger charge is 2.28. The number of Topliss-reactive ketones (excluding diaryl/α,β-unsaturated/α-hetero) is 1. The van der Waals surface area contributed by atoms with Gasteiger partial charge >= 0.3 is 0 Å². The van der Waals surface area contributed by atoms with Crippen molar-refractivity contribution in [1.82, 2.24) is 0 Å². The number of hydrogen-bond acceptors (Lipinski definition) is 1. The molecular weight excluding hydrogens is 208 g/mol. The van der Waals surface area contributed by atoms with Gasteiger partial charge in [0.05, 0.1) is 0 Å².